The second-order valence-corrected chi connectivity index (χ2v) is 5.52. The molecule has 0 aliphatic heterocycles. The van der Waals surface area contributed by atoms with Crippen molar-refractivity contribution < 1.29 is 23.9 Å². The van der Waals surface area contributed by atoms with Gasteiger partial charge in [-0.25, -0.2) is 4.79 Å². The van der Waals surface area contributed by atoms with Crippen LogP contribution in [0, 0.1) is 11.8 Å². The van der Waals surface area contributed by atoms with Gasteiger partial charge in [0.1, 0.15) is 5.78 Å². The molecule has 0 amide bonds. The molecule has 4 unspecified atom stereocenters. The van der Waals surface area contributed by atoms with Gasteiger partial charge in [-0.05, 0) is 32.7 Å². The number of hydrogen-bond donors (Lipinski definition) is 1. The fraction of sp³-hybridized carbons (Fsp3) is 0.786. The molecule has 0 radical (unpaired) electrons. The molecule has 6 heteroatoms. The third-order valence-electron chi connectivity index (χ3n) is 4.65. The van der Waals surface area contributed by atoms with E-state index >= 15 is 0 Å². The highest BCUT2D eigenvalue weighted by molar-refractivity contribution is 6.38. The van der Waals surface area contributed by atoms with Crippen molar-refractivity contribution in [1.29, 1.82) is 0 Å². The Morgan fingerprint density at radius 1 is 1.45 bits per heavy atom. The van der Waals surface area contributed by atoms with Crippen LogP contribution in [0.25, 0.3) is 0 Å². The first-order valence-electron chi connectivity index (χ1n) is 6.94. The summed E-state index contributed by atoms with van der Waals surface area (Å²) in [5.41, 5.74) is -0.426. The lowest BCUT2D eigenvalue weighted by molar-refractivity contribution is -0.157. The van der Waals surface area contributed by atoms with Gasteiger partial charge in [-0.3, -0.25) is 9.59 Å². The fourth-order valence-electron chi connectivity index (χ4n) is 3.67. The lowest BCUT2D eigenvalue weighted by Gasteiger charge is -2.29. The minimum Gasteiger partial charge on any atom is -0.460 e. The minimum absolute atomic E-state index is 0.0121. The molecule has 0 aromatic heterocycles. The minimum atomic E-state index is -0.904. The quantitative estimate of drug-likeness (QED) is 0.437. The lowest BCUT2D eigenvalue weighted by atomic mass is 9.84. The summed E-state index contributed by atoms with van der Waals surface area (Å²) < 4.78 is 10.1. The summed E-state index contributed by atoms with van der Waals surface area (Å²) in [6, 6.07) is 0. The van der Waals surface area contributed by atoms with E-state index in [0.29, 0.717) is 12.8 Å². The number of esters is 1. The monoisotopic (exact) mass is 283 g/mol. The van der Waals surface area contributed by atoms with E-state index in [0.717, 1.165) is 0 Å². The molecule has 1 N–H and O–H groups in total. The van der Waals surface area contributed by atoms with Gasteiger partial charge in [0.05, 0.1) is 18.6 Å². The van der Waals surface area contributed by atoms with E-state index in [1.165, 1.54) is 0 Å². The van der Waals surface area contributed by atoms with E-state index < -0.39 is 23.2 Å². The zero-order chi connectivity index (χ0) is 14.9. The maximum Gasteiger partial charge on any atom is 0.375 e. The van der Waals surface area contributed by atoms with Crippen molar-refractivity contribution in [2.24, 2.45) is 11.8 Å². The molecule has 4 atom stereocenters. The second-order valence-electron chi connectivity index (χ2n) is 5.52. The zero-order valence-corrected chi connectivity index (χ0v) is 12.1. The Bertz CT molecular complexity index is 435. The first kappa shape index (κ1) is 15.1. The number of fused-ring (bicyclic) bond motifs is 1. The molecule has 6 nitrogen and oxygen atoms in total. The molecule has 20 heavy (non-hydrogen) atoms. The maximum absolute atomic E-state index is 12.2. The maximum atomic E-state index is 12.2. The lowest BCUT2D eigenvalue weighted by Crippen LogP contribution is -2.45. The molecule has 0 aromatic carbocycles. The molecule has 2 rings (SSSR count). The van der Waals surface area contributed by atoms with Crippen LogP contribution in [-0.2, 0) is 23.9 Å². The number of carbonyl (C=O) groups excluding carboxylic acids is 3. The van der Waals surface area contributed by atoms with E-state index in [4.69, 9.17) is 9.47 Å². The first-order chi connectivity index (χ1) is 9.49. The van der Waals surface area contributed by atoms with Gasteiger partial charge in [-0.1, -0.05) is 0 Å². The van der Waals surface area contributed by atoms with Crippen molar-refractivity contribution >= 4 is 17.5 Å². The predicted octanol–water partition coefficient (Wildman–Crippen LogP) is 0.0908. The van der Waals surface area contributed by atoms with Crippen molar-refractivity contribution in [3.8, 4) is 0 Å². The molecular formula is C14H21NO5. The van der Waals surface area contributed by atoms with E-state index in [-0.39, 0.29) is 30.8 Å². The normalized spacial score (nSPS) is 36.0. The summed E-state index contributed by atoms with van der Waals surface area (Å²) in [6.45, 7) is 1.77. The number of rotatable bonds is 5. The van der Waals surface area contributed by atoms with Crippen LogP contribution in [0.2, 0.25) is 0 Å². The topological polar surface area (TPSA) is 81.7 Å². The molecule has 0 spiro atoms. The van der Waals surface area contributed by atoms with Gasteiger partial charge in [0, 0.05) is 19.1 Å². The zero-order valence-electron chi connectivity index (χ0n) is 12.1. The van der Waals surface area contributed by atoms with Crippen LogP contribution in [0.5, 0.6) is 0 Å². The van der Waals surface area contributed by atoms with Crippen molar-refractivity contribution in [1.82, 2.24) is 5.32 Å². The molecule has 2 aliphatic rings. The molecule has 0 aromatic rings. The summed E-state index contributed by atoms with van der Waals surface area (Å²) >= 11 is 0. The summed E-state index contributed by atoms with van der Waals surface area (Å²) in [4.78, 5) is 36.0. The Kier molecular flexibility index (Phi) is 4.25. The molecule has 112 valence electrons. The highest BCUT2D eigenvalue weighted by Crippen LogP contribution is 2.50. The van der Waals surface area contributed by atoms with Crippen LogP contribution in [0.4, 0.5) is 0 Å². The van der Waals surface area contributed by atoms with E-state index in [2.05, 4.69) is 5.32 Å². The highest BCUT2D eigenvalue weighted by atomic mass is 16.5. The third kappa shape index (κ3) is 2.27. The number of ether oxygens (including phenoxy) is 2. The largest absolute Gasteiger partial charge is 0.460 e. The number of methoxy groups -OCH3 is 1. The van der Waals surface area contributed by atoms with Crippen LogP contribution in [0.15, 0.2) is 0 Å². The van der Waals surface area contributed by atoms with Gasteiger partial charge in [-0.15, -0.1) is 0 Å². The Hall–Kier alpha value is -1.27. The van der Waals surface area contributed by atoms with Crippen LogP contribution in [0.1, 0.15) is 26.2 Å². The van der Waals surface area contributed by atoms with Crippen LogP contribution >= 0.6 is 0 Å². The number of ketones is 2. The number of nitrogens with one attached hydrogen (secondary N) is 1. The SMILES string of the molecule is CCOC(=O)C(=O)C1C(=O)CC2(NC)CC(OC)CC12. The third-order valence-corrected chi connectivity index (χ3v) is 4.65. The predicted molar refractivity (Wildman–Crippen MR) is 70.1 cm³/mol. The van der Waals surface area contributed by atoms with Gasteiger partial charge < -0.3 is 14.8 Å². The second kappa shape index (κ2) is 5.61. The van der Waals surface area contributed by atoms with Crippen molar-refractivity contribution in [2.45, 2.75) is 37.8 Å². The summed E-state index contributed by atoms with van der Waals surface area (Å²) in [7, 11) is 3.41. The summed E-state index contributed by atoms with van der Waals surface area (Å²) in [5, 5.41) is 3.18. The number of Topliss-reactive ketones (excluding diaryl/α,β-unsaturated/α-hetero) is 2. The molecule has 2 fully saturated rings. The Labute approximate surface area is 118 Å². The standard InChI is InChI=1S/C14H21NO5/c1-4-20-13(18)12(17)11-9-5-8(19-3)6-14(9,15-2)7-10(11)16/h8-9,11,15H,4-7H2,1-3H3. The highest BCUT2D eigenvalue weighted by Gasteiger charge is 2.60. The molecule has 0 bridgehead atoms. The fourth-order valence-corrected chi connectivity index (χ4v) is 3.67. The van der Waals surface area contributed by atoms with Gasteiger partial charge in [-0.2, -0.15) is 0 Å². The summed E-state index contributed by atoms with van der Waals surface area (Å²) in [6.07, 6.45) is 1.57. The molecular weight excluding hydrogens is 262 g/mol. The Morgan fingerprint density at radius 3 is 2.70 bits per heavy atom. The van der Waals surface area contributed by atoms with Crippen LogP contribution < -0.4 is 5.32 Å². The number of hydrogen-bond acceptors (Lipinski definition) is 6. The summed E-state index contributed by atoms with van der Waals surface area (Å²) in [5.74, 6) is -2.87. The van der Waals surface area contributed by atoms with Gasteiger partial charge in [0.25, 0.3) is 5.78 Å². The smallest absolute Gasteiger partial charge is 0.375 e. The molecule has 0 heterocycles. The van der Waals surface area contributed by atoms with Gasteiger partial charge in [0.2, 0.25) is 0 Å². The molecule has 2 saturated carbocycles. The Balaban J connectivity index is 2.24. The van der Waals surface area contributed by atoms with E-state index in [1.807, 2.05) is 0 Å². The molecule has 0 saturated heterocycles. The van der Waals surface area contributed by atoms with Crippen molar-refractivity contribution in [2.75, 3.05) is 20.8 Å². The van der Waals surface area contributed by atoms with Gasteiger partial charge in [0.15, 0.2) is 0 Å². The van der Waals surface area contributed by atoms with Gasteiger partial charge >= 0.3 is 5.97 Å². The van der Waals surface area contributed by atoms with E-state index in [9.17, 15) is 14.4 Å². The first-order valence-corrected chi connectivity index (χ1v) is 6.94. The van der Waals surface area contributed by atoms with Crippen LogP contribution in [-0.4, -0.2) is 49.9 Å². The number of carbonyl (C=O) groups is 3. The van der Waals surface area contributed by atoms with Crippen LogP contribution in [0.3, 0.4) is 0 Å². The van der Waals surface area contributed by atoms with Crippen molar-refractivity contribution in [3.05, 3.63) is 0 Å². The average molecular weight is 283 g/mol. The van der Waals surface area contributed by atoms with E-state index in [1.54, 1.807) is 21.1 Å². The Morgan fingerprint density at radius 2 is 2.15 bits per heavy atom. The molecule has 2 aliphatic carbocycles. The average Bonchev–Trinajstić information content (AvgIpc) is 2.90. The van der Waals surface area contributed by atoms with Crippen molar-refractivity contribution in [3.63, 3.8) is 0 Å².